The monoisotopic (exact) mass is 330 g/mol. The zero-order chi connectivity index (χ0) is 17.1. The van der Waals surface area contributed by atoms with E-state index in [4.69, 9.17) is 4.74 Å². The first-order valence-electron chi connectivity index (χ1n) is 7.70. The highest BCUT2D eigenvalue weighted by atomic mass is 16.6. The van der Waals surface area contributed by atoms with Crippen LogP contribution in [-0.2, 0) is 11.3 Å². The lowest BCUT2D eigenvalue weighted by Crippen LogP contribution is -2.41. The summed E-state index contributed by atoms with van der Waals surface area (Å²) in [6.07, 6.45) is 0. The van der Waals surface area contributed by atoms with E-state index in [1.807, 2.05) is 18.2 Å². The van der Waals surface area contributed by atoms with Gasteiger partial charge < -0.3 is 19.8 Å². The molecule has 3 rings (SSSR count). The molecule has 1 aromatic heterocycles. The fourth-order valence-electron chi connectivity index (χ4n) is 2.71. The average molecular weight is 330 g/mol. The lowest BCUT2D eigenvalue weighted by Gasteiger charge is -2.27. The molecule has 0 bridgehead atoms. The van der Waals surface area contributed by atoms with Gasteiger partial charge in [-0.25, -0.2) is 0 Å². The SMILES string of the molecule is Cc1cc([N+](=O)[O-])nn1Cc1ccccc1C(=O)N1CCOCC1. The Balaban J connectivity index is 1.86. The van der Waals surface area contributed by atoms with Crippen LogP contribution >= 0.6 is 0 Å². The summed E-state index contributed by atoms with van der Waals surface area (Å²) >= 11 is 0. The van der Waals surface area contributed by atoms with Gasteiger partial charge in [-0.2, -0.15) is 4.68 Å². The smallest absolute Gasteiger partial charge is 0.378 e. The number of aromatic nitrogens is 2. The van der Waals surface area contributed by atoms with Crippen molar-refractivity contribution in [2.45, 2.75) is 13.5 Å². The molecule has 126 valence electrons. The van der Waals surface area contributed by atoms with Crippen molar-refractivity contribution < 1.29 is 14.5 Å². The van der Waals surface area contributed by atoms with E-state index in [1.165, 1.54) is 6.07 Å². The van der Waals surface area contributed by atoms with Crippen molar-refractivity contribution in [3.8, 4) is 0 Å². The first kappa shape index (κ1) is 16.1. The molecule has 0 saturated carbocycles. The minimum Gasteiger partial charge on any atom is -0.378 e. The number of benzene rings is 1. The molecule has 24 heavy (non-hydrogen) atoms. The van der Waals surface area contributed by atoms with Gasteiger partial charge in [0.15, 0.2) is 0 Å². The number of hydrogen-bond donors (Lipinski definition) is 0. The van der Waals surface area contributed by atoms with Crippen LogP contribution in [0.4, 0.5) is 5.82 Å². The molecule has 1 amide bonds. The van der Waals surface area contributed by atoms with Crippen molar-refractivity contribution in [2.24, 2.45) is 0 Å². The fourth-order valence-corrected chi connectivity index (χ4v) is 2.71. The van der Waals surface area contributed by atoms with Crippen LogP contribution in [0.1, 0.15) is 21.6 Å². The summed E-state index contributed by atoms with van der Waals surface area (Å²) in [5.74, 6) is -0.238. The van der Waals surface area contributed by atoms with E-state index >= 15 is 0 Å². The Labute approximate surface area is 138 Å². The molecule has 8 nitrogen and oxygen atoms in total. The lowest BCUT2D eigenvalue weighted by atomic mass is 10.1. The maximum absolute atomic E-state index is 12.7. The van der Waals surface area contributed by atoms with Gasteiger partial charge in [-0.1, -0.05) is 18.2 Å². The second-order valence-electron chi connectivity index (χ2n) is 5.62. The average Bonchev–Trinajstić information content (AvgIpc) is 2.97. The molecule has 0 atom stereocenters. The minimum absolute atomic E-state index is 0.0480. The Bertz CT molecular complexity index is 765. The number of carbonyl (C=O) groups is 1. The van der Waals surface area contributed by atoms with Gasteiger partial charge in [-0.3, -0.25) is 4.79 Å². The molecule has 2 aromatic rings. The van der Waals surface area contributed by atoms with Gasteiger partial charge in [-0.15, -0.1) is 0 Å². The summed E-state index contributed by atoms with van der Waals surface area (Å²) in [5.41, 5.74) is 2.06. The van der Waals surface area contributed by atoms with Crippen molar-refractivity contribution in [1.29, 1.82) is 0 Å². The molecule has 8 heteroatoms. The van der Waals surface area contributed by atoms with Crippen molar-refractivity contribution in [3.63, 3.8) is 0 Å². The molecule has 2 heterocycles. The molecular formula is C16H18N4O4. The van der Waals surface area contributed by atoms with Crippen molar-refractivity contribution in [1.82, 2.24) is 14.7 Å². The van der Waals surface area contributed by atoms with Crippen LogP contribution in [0.5, 0.6) is 0 Å². The normalized spacial score (nSPS) is 14.6. The van der Waals surface area contributed by atoms with Crippen LogP contribution in [0, 0.1) is 17.0 Å². The van der Waals surface area contributed by atoms with E-state index in [0.717, 1.165) is 5.56 Å². The third-order valence-electron chi connectivity index (χ3n) is 4.02. The van der Waals surface area contributed by atoms with Crippen LogP contribution in [0.15, 0.2) is 30.3 Å². The van der Waals surface area contributed by atoms with E-state index in [-0.39, 0.29) is 11.7 Å². The summed E-state index contributed by atoms with van der Waals surface area (Å²) in [4.78, 5) is 24.8. The molecule has 1 saturated heterocycles. The number of morpholine rings is 1. The van der Waals surface area contributed by atoms with E-state index < -0.39 is 4.92 Å². The number of carbonyl (C=O) groups excluding carboxylic acids is 1. The van der Waals surface area contributed by atoms with Crippen LogP contribution in [0.3, 0.4) is 0 Å². The molecule has 1 aromatic carbocycles. The van der Waals surface area contributed by atoms with Gasteiger partial charge in [-0.05, 0) is 23.5 Å². The van der Waals surface area contributed by atoms with Gasteiger partial charge in [0.2, 0.25) is 0 Å². The molecule has 0 spiro atoms. The third kappa shape index (κ3) is 3.28. The summed E-state index contributed by atoms with van der Waals surface area (Å²) in [7, 11) is 0. The van der Waals surface area contributed by atoms with Crippen LogP contribution in [-0.4, -0.2) is 51.8 Å². The number of nitro groups is 1. The number of aryl methyl sites for hydroxylation is 1. The molecule has 1 aliphatic heterocycles. The third-order valence-corrected chi connectivity index (χ3v) is 4.02. The highest BCUT2D eigenvalue weighted by molar-refractivity contribution is 5.95. The summed E-state index contributed by atoms with van der Waals surface area (Å²) in [6, 6.07) is 8.71. The molecule has 0 N–H and O–H groups in total. The number of nitrogens with zero attached hydrogens (tertiary/aromatic N) is 4. The number of amides is 1. The predicted molar refractivity (Wildman–Crippen MR) is 85.9 cm³/mol. The summed E-state index contributed by atoms with van der Waals surface area (Å²) < 4.78 is 6.83. The number of ether oxygens (including phenoxy) is 1. The zero-order valence-electron chi connectivity index (χ0n) is 13.3. The zero-order valence-corrected chi connectivity index (χ0v) is 13.3. The molecule has 1 fully saturated rings. The second kappa shape index (κ2) is 6.79. The molecule has 1 aliphatic rings. The Morgan fingerprint density at radius 1 is 1.33 bits per heavy atom. The maximum atomic E-state index is 12.7. The first-order valence-corrected chi connectivity index (χ1v) is 7.70. The minimum atomic E-state index is -0.520. The van der Waals surface area contributed by atoms with Crippen LogP contribution < -0.4 is 0 Å². The van der Waals surface area contributed by atoms with Crippen molar-refractivity contribution in [3.05, 3.63) is 57.3 Å². The van der Waals surface area contributed by atoms with Crippen LogP contribution in [0.2, 0.25) is 0 Å². The Kier molecular flexibility index (Phi) is 4.57. The number of rotatable bonds is 4. The van der Waals surface area contributed by atoms with E-state index in [0.29, 0.717) is 44.1 Å². The highest BCUT2D eigenvalue weighted by Crippen LogP contribution is 2.17. The fraction of sp³-hybridized carbons (Fsp3) is 0.375. The van der Waals surface area contributed by atoms with Gasteiger partial charge in [0, 0.05) is 18.7 Å². The molecule has 0 radical (unpaired) electrons. The maximum Gasteiger partial charge on any atom is 0.390 e. The van der Waals surface area contributed by atoms with Crippen molar-refractivity contribution in [2.75, 3.05) is 26.3 Å². The molecule has 0 unspecified atom stereocenters. The Morgan fingerprint density at radius 2 is 2.04 bits per heavy atom. The second-order valence-corrected chi connectivity index (χ2v) is 5.62. The topological polar surface area (TPSA) is 90.5 Å². The largest absolute Gasteiger partial charge is 0.390 e. The van der Waals surface area contributed by atoms with Gasteiger partial charge in [0.25, 0.3) is 5.91 Å². The van der Waals surface area contributed by atoms with Gasteiger partial charge >= 0.3 is 5.82 Å². The predicted octanol–water partition coefficient (Wildman–Crippen LogP) is 1.62. The first-order chi connectivity index (χ1) is 11.6. The molecule has 0 aliphatic carbocycles. The quantitative estimate of drug-likeness (QED) is 0.627. The van der Waals surface area contributed by atoms with Gasteiger partial charge in [0.05, 0.1) is 36.6 Å². The Hall–Kier alpha value is -2.74. The van der Waals surface area contributed by atoms with E-state index in [9.17, 15) is 14.9 Å². The van der Waals surface area contributed by atoms with Crippen LogP contribution in [0.25, 0.3) is 0 Å². The van der Waals surface area contributed by atoms with Crippen molar-refractivity contribution >= 4 is 11.7 Å². The Morgan fingerprint density at radius 3 is 2.71 bits per heavy atom. The number of hydrogen-bond acceptors (Lipinski definition) is 5. The standard InChI is InChI=1S/C16H18N4O4/c1-12-10-15(20(22)23)17-19(12)11-13-4-2-3-5-14(13)16(21)18-6-8-24-9-7-18/h2-5,10H,6-9,11H2,1H3. The van der Waals surface area contributed by atoms with E-state index in [2.05, 4.69) is 5.10 Å². The van der Waals surface area contributed by atoms with Gasteiger partial charge in [0.1, 0.15) is 0 Å². The summed E-state index contributed by atoms with van der Waals surface area (Å²) in [5, 5.41) is 14.8. The summed E-state index contributed by atoms with van der Waals surface area (Å²) in [6.45, 7) is 4.29. The lowest BCUT2D eigenvalue weighted by molar-refractivity contribution is -0.389. The molecular weight excluding hydrogens is 312 g/mol. The van der Waals surface area contributed by atoms with E-state index in [1.54, 1.807) is 22.6 Å². The highest BCUT2D eigenvalue weighted by Gasteiger charge is 2.22.